The lowest BCUT2D eigenvalue weighted by atomic mass is 10.2. The second kappa shape index (κ2) is 6.56. The van der Waals surface area contributed by atoms with Gasteiger partial charge in [-0.25, -0.2) is 4.68 Å². The summed E-state index contributed by atoms with van der Waals surface area (Å²) in [7, 11) is 0. The molecule has 0 saturated heterocycles. The molecule has 0 aliphatic heterocycles. The lowest BCUT2D eigenvalue weighted by molar-refractivity contribution is -0.119. The minimum absolute atomic E-state index is 0.0859. The zero-order valence-corrected chi connectivity index (χ0v) is 12.4. The van der Waals surface area contributed by atoms with Gasteiger partial charge in [0.05, 0.1) is 24.1 Å². The largest absolute Gasteiger partial charge is 0.467 e. The van der Waals surface area contributed by atoms with Gasteiger partial charge in [0.25, 0.3) is 0 Å². The van der Waals surface area contributed by atoms with Crippen LogP contribution in [0, 0.1) is 0 Å². The van der Waals surface area contributed by atoms with Gasteiger partial charge in [0.1, 0.15) is 5.76 Å². The lowest BCUT2D eigenvalue weighted by Crippen LogP contribution is -2.28. The van der Waals surface area contributed by atoms with Gasteiger partial charge in [-0.2, -0.15) is 0 Å². The van der Waals surface area contributed by atoms with Gasteiger partial charge in [0, 0.05) is 0 Å². The van der Waals surface area contributed by atoms with Crippen LogP contribution >= 0.6 is 11.8 Å². The summed E-state index contributed by atoms with van der Waals surface area (Å²) < 4.78 is 6.93. The number of thioether (sulfide) groups is 1. The molecule has 0 aliphatic rings. The van der Waals surface area contributed by atoms with Gasteiger partial charge in [-0.05, 0) is 43.3 Å². The average Bonchev–Trinajstić information content (AvgIpc) is 3.07. The number of hydrogen-bond donors (Lipinski definition) is 1. The third kappa shape index (κ3) is 3.60. The maximum Gasteiger partial charge on any atom is 0.231 e. The van der Waals surface area contributed by atoms with Gasteiger partial charge in [0.2, 0.25) is 11.1 Å². The minimum atomic E-state index is -0.154. The number of amides is 1. The lowest BCUT2D eigenvalue weighted by Gasteiger charge is -2.11. The number of rotatable bonds is 6. The quantitative estimate of drug-likeness (QED) is 0.818. The van der Waals surface area contributed by atoms with E-state index in [4.69, 9.17) is 4.42 Å². The van der Waals surface area contributed by atoms with Crippen molar-refractivity contribution in [1.82, 2.24) is 25.5 Å². The number of furan rings is 1. The molecule has 0 aliphatic carbocycles. The molecule has 1 atom stereocenters. The zero-order valence-electron chi connectivity index (χ0n) is 11.6. The molecule has 0 fully saturated rings. The first-order valence-corrected chi connectivity index (χ1v) is 7.30. The Hall–Kier alpha value is -1.83. The van der Waals surface area contributed by atoms with Gasteiger partial charge in [0.15, 0.2) is 0 Å². The molecule has 1 unspecified atom stereocenters. The van der Waals surface area contributed by atoms with Crippen molar-refractivity contribution in [2.45, 2.75) is 38.0 Å². The summed E-state index contributed by atoms with van der Waals surface area (Å²) in [6.07, 6.45) is 1.59. The molecule has 7 nitrogen and oxygen atoms in total. The van der Waals surface area contributed by atoms with Gasteiger partial charge in [-0.3, -0.25) is 4.79 Å². The summed E-state index contributed by atoms with van der Waals surface area (Å²) in [5.41, 5.74) is 0. The smallest absolute Gasteiger partial charge is 0.231 e. The molecule has 2 heterocycles. The van der Waals surface area contributed by atoms with Crippen molar-refractivity contribution in [3.8, 4) is 0 Å². The summed E-state index contributed by atoms with van der Waals surface area (Å²) in [4.78, 5) is 11.9. The Balaban J connectivity index is 1.85. The van der Waals surface area contributed by atoms with Crippen LogP contribution in [0.3, 0.4) is 0 Å². The monoisotopic (exact) mass is 295 g/mol. The molecule has 20 heavy (non-hydrogen) atoms. The average molecular weight is 295 g/mol. The molecule has 0 aromatic carbocycles. The summed E-state index contributed by atoms with van der Waals surface area (Å²) >= 11 is 1.31. The standard InChI is InChI=1S/C12H17N5O2S/c1-8(2)17-12(14-15-16-17)20-7-11(18)13-9(3)10-5-4-6-19-10/h4-6,8-9H,7H2,1-3H3,(H,13,18). The van der Waals surface area contributed by atoms with Crippen molar-refractivity contribution < 1.29 is 9.21 Å². The number of tetrazole rings is 1. The first-order chi connectivity index (χ1) is 9.58. The molecule has 1 N–H and O–H groups in total. The topological polar surface area (TPSA) is 85.8 Å². The van der Waals surface area contributed by atoms with Crippen molar-refractivity contribution in [2.24, 2.45) is 0 Å². The number of nitrogens with one attached hydrogen (secondary N) is 1. The molecular weight excluding hydrogens is 278 g/mol. The Morgan fingerprint density at radius 3 is 2.95 bits per heavy atom. The van der Waals surface area contributed by atoms with E-state index in [1.807, 2.05) is 26.8 Å². The predicted octanol–water partition coefficient (Wildman–Crippen LogP) is 1.82. The van der Waals surface area contributed by atoms with Gasteiger partial charge < -0.3 is 9.73 Å². The van der Waals surface area contributed by atoms with Crippen LogP contribution in [0.15, 0.2) is 28.0 Å². The van der Waals surface area contributed by atoms with Crippen LogP contribution in [-0.2, 0) is 4.79 Å². The Morgan fingerprint density at radius 2 is 2.30 bits per heavy atom. The highest BCUT2D eigenvalue weighted by Gasteiger charge is 2.15. The van der Waals surface area contributed by atoms with Crippen molar-refractivity contribution in [2.75, 3.05) is 5.75 Å². The van der Waals surface area contributed by atoms with Gasteiger partial charge in [-0.1, -0.05) is 11.8 Å². The minimum Gasteiger partial charge on any atom is -0.467 e. The zero-order chi connectivity index (χ0) is 14.5. The maximum absolute atomic E-state index is 11.9. The second-order valence-corrected chi connectivity index (χ2v) is 5.54. The van der Waals surface area contributed by atoms with E-state index in [0.717, 1.165) is 5.76 Å². The SMILES string of the molecule is CC(NC(=O)CSc1nnnn1C(C)C)c1ccco1. The van der Waals surface area contributed by atoms with E-state index in [-0.39, 0.29) is 23.7 Å². The molecule has 1 amide bonds. The Morgan fingerprint density at radius 1 is 1.50 bits per heavy atom. The van der Waals surface area contributed by atoms with E-state index in [0.29, 0.717) is 5.16 Å². The highest BCUT2D eigenvalue weighted by molar-refractivity contribution is 7.99. The summed E-state index contributed by atoms with van der Waals surface area (Å²) in [5, 5.41) is 14.9. The first-order valence-electron chi connectivity index (χ1n) is 6.31. The maximum atomic E-state index is 11.9. The van der Waals surface area contributed by atoms with Crippen molar-refractivity contribution in [3.63, 3.8) is 0 Å². The van der Waals surface area contributed by atoms with Crippen molar-refractivity contribution >= 4 is 17.7 Å². The summed E-state index contributed by atoms with van der Waals surface area (Å²) in [5.74, 6) is 0.908. The van der Waals surface area contributed by atoms with E-state index < -0.39 is 0 Å². The van der Waals surface area contributed by atoms with Crippen LogP contribution in [0.25, 0.3) is 0 Å². The van der Waals surface area contributed by atoms with Crippen LogP contribution in [-0.4, -0.2) is 31.9 Å². The predicted molar refractivity (Wildman–Crippen MR) is 74.2 cm³/mol. The van der Waals surface area contributed by atoms with Gasteiger partial charge >= 0.3 is 0 Å². The number of carbonyl (C=O) groups is 1. The fraction of sp³-hybridized carbons (Fsp3) is 0.500. The van der Waals surface area contributed by atoms with Crippen LogP contribution in [0.2, 0.25) is 0 Å². The first kappa shape index (κ1) is 14.6. The Bertz CT molecular complexity index is 552. The molecule has 0 radical (unpaired) electrons. The van der Waals surface area contributed by atoms with Crippen LogP contribution in [0.1, 0.15) is 38.6 Å². The molecule has 2 aromatic rings. The van der Waals surface area contributed by atoms with Crippen molar-refractivity contribution in [3.05, 3.63) is 24.2 Å². The van der Waals surface area contributed by atoms with Gasteiger partial charge in [-0.15, -0.1) is 5.10 Å². The normalized spacial score (nSPS) is 12.6. The van der Waals surface area contributed by atoms with Crippen LogP contribution in [0.4, 0.5) is 0 Å². The molecule has 108 valence electrons. The summed E-state index contributed by atoms with van der Waals surface area (Å²) in [6.45, 7) is 5.85. The number of hydrogen-bond acceptors (Lipinski definition) is 6. The van der Waals surface area contributed by atoms with E-state index in [1.54, 1.807) is 17.0 Å². The fourth-order valence-corrected chi connectivity index (χ4v) is 2.44. The number of aromatic nitrogens is 4. The van der Waals surface area contributed by atoms with Crippen LogP contribution < -0.4 is 5.32 Å². The highest BCUT2D eigenvalue weighted by Crippen LogP contribution is 2.18. The third-order valence-corrected chi connectivity index (χ3v) is 3.57. The molecule has 2 aromatic heterocycles. The van der Waals surface area contributed by atoms with Crippen LogP contribution in [0.5, 0.6) is 0 Å². The molecule has 0 saturated carbocycles. The summed E-state index contributed by atoms with van der Waals surface area (Å²) in [6, 6.07) is 3.64. The van der Waals surface area contributed by atoms with E-state index in [2.05, 4.69) is 20.8 Å². The number of carbonyl (C=O) groups excluding carboxylic acids is 1. The van der Waals surface area contributed by atoms with E-state index in [9.17, 15) is 4.79 Å². The van der Waals surface area contributed by atoms with E-state index >= 15 is 0 Å². The second-order valence-electron chi connectivity index (χ2n) is 4.59. The van der Waals surface area contributed by atoms with Crippen molar-refractivity contribution in [1.29, 1.82) is 0 Å². The Labute approximate surface area is 121 Å². The molecule has 0 bridgehead atoms. The third-order valence-electron chi connectivity index (χ3n) is 2.63. The fourth-order valence-electron chi connectivity index (χ4n) is 1.63. The molecular formula is C12H17N5O2S. The molecule has 0 spiro atoms. The molecule has 2 rings (SSSR count). The highest BCUT2D eigenvalue weighted by atomic mass is 32.2. The number of nitrogens with zero attached hydrogens (tertiary/aromatic N) is 4. The molecule has 8 heteroatoms. The Kier molecular flexibility index (Phi) is 4.78. The van der Waals surface area contributed by atoms with E-state index in [1.165, 1.54) is 11.8 Å².